The quantitative estimate of drug-likeness (QED) is 0.605. The minimum absolute atomic E-state index is 0.0324. The number of sulfone groups is 1. The van der Waals surface area contributed by atoms with E-state index in [2.05, 4.69) is 5.32 Å². The molecule has 2 aromatic carbocycles. The number of hydrogen-bond acceptors (Lipinski definition) is 6. The zero-order chi connectivity index (χ0) is 22.1. The van der Waals surface area contributed by atoms with Crippen LogP contribution in [0.1, 0.15) is 35.6 Å². The lowest BCUT2D eigenvalue weighted by atomic mass is 10.0. The summed E-state index contributed by atoms with van der Waals surface area (Å²) < 4.78 is 47.9. The van der Waals surface area contributed by atoms with Gasteiger partial charge in [-0.1, -0.05) is 30.3 Å². The van der Waals surface area contributed by atoms with Crippen LogP contribution in [0.5, 0.6) is 0 Å². The summed E-state index contributed by atoms with van der Waals surface area (Å²) in [7, 11) is -7.02. The summed E-state index contributed by atoms with van der Waals surface area (Å²) in [6.45, 7) is 1.99. The van der Waals surface area contributed by atoms with Crippen LogP contribution in [0.3, 0.4) is 0 Å². The number of benzene rings is 2. The topological polar surface area (TPSA) is 107 Å². The normalized spacial score (nSPS) is 21.5. The molecule has 0 radical (unpaired) electrons. The smallest absolute Gasteiger partial charge is 0.236 e. The van der Waals surface area contributed by atoms with Gasteiger partial charge in [-0.05, 0) is 48.6 Å². The van der Waals surface area contributed by atoms with Gasteiger partial charge in [0, 0.05) is 19.6 Å². The van der Waals surface area contributed by atoms with Crippen molar-refractivity contribution in [1.29, 1.82) is 0 Å². The van der Waals surface area contributed by atoms with Gasteiger partial charge in [0.05, 0.1) is 22.1 Å². The molecule has 0 saturated carbocycles. The maximum Gasteiger partial charge on any atom is 0.236 e. The lowest BCUT2D eigenvalue weighted by Crippen LogP contribution is -2.41. The molecule has 2 aliphatic heterocycles. The monoisotopic (exact) mass is 464 g/mol. The number of amides is 1. The van der Waals surface area contributed by atoms with Gasteiger partial charge < -0.3 is 10.2 Å². The third-order valence-corrected chi connectivity index (χ3v) is 10.1. The Morgan fingerprint density at radius 1 is 1.03 bits per heavy atom. The molecule has 0 aliphatic carbocycles. The average Bonchev–Trinajstić information content (AvgIpc) is 3.07. The van der Waals surface area contributed by atoms with Crippen LogP contribution in [0.15, 0.2) is 58.3 Å². The second kappa shape index (κ2) is 8.91. The Kier molecular flexibility index (Phi) is 6.41. The highest BCUT2D eigenvalue weighted by Gasteiger charge is 2.44. The number of piperidine rings is 1. The van der Waals surface area contributed by atoms with Gasteiger partial charge in [-0.2, -0.15) is 10.6 Å². The molecule has 1 unspecified atom stereocenters. The summed E-state index contributed by atoms with van der Waals surface area (Å²) in [6, 6.07) is 13.2. The first-order chi connectivity index (χ1) is 14.8. The van der Waals surface area contributed by atoms with Crippen molar-refractivity contribution in [1.82, 2.24) is 10.2 Å². The van der Waals surface area contributed by atoms with E-state index in [0.717, 1.165) is 32.4 Å². The highest BCUT2D eigenvalue weighted by Crippen LogP contribution is 2.62. The summed E-state index contributed by atoms with van der Waals surface area (Å²) in [5.74, 6) is -0.214. The molecule has 9 heteroatoms. The molecule has 4 rings (SSSR count). The Morgan fingerprint density at radius 2 is 1.74 bits per heavy atom. The summed E-state index contributed by atoms with van der Waals surface area (Å²) in [6.07, 6.45) is 3.20. The molecule has 3 N–H and O–H groups in total. The highest BCUT2D eigenvalue weighted by atomic mass is 32.3. The predicted molar refractivity (Wildman–Crippen MR) is 121 cm³/mol. The first-order valence-electron chi connectivity index (χ1n) is 10.5. The van der Waals surface area contributed by atoms with Gasteiger partial charge in [0.15, 0.2) is 9.84 Å². The van der Waals surface area contributed by atoms with Crippen LogP contribution in [0.2, 0.25) is 0 Å². The van der Waals surface area contributed by atoms with Crippen LogP contribution in [-0.2, 0) is 21.2 Å². The Hall–Kier alpha value is -1.91. The fraction of sp³-hybridized carbons (Fsp3) is 0.409. The summed E-state index contributed by atoms with van der Waals surface area (Å²) in [4.78, 5) is 14.7. The molecule has 168 valence electrons. The van der Waals surface area contributed by atoms with E-state index in [4.69, 9.17) is 0 Å². The van der Waals surface area contributed by atoms with Gasteiger partial charge in [0.1, 0.15) is 5.25 Å². The van der Waals surface area contributed by atoms with E-state index in [1.54, 1.807) is 36.4 Å². The summed E-state index contributed by atoms with van der Waals surface area (Å²) >= 11 is 0. The molecule has 1 fully saturated rings. The molecule has 1 amide bonds. The largest absolute Gasteiger partial charge is 0.342 e. The molecule has 0 spiro atoms. The Bertz CT molecular complexity index is 1050. The van der Waals surface area contributed by atoms with E-state index in [1.165, 1.54) is 12.1 Å². The van der Waals surface area contributed by atoms with Crippen molar-refractivity contribution in [2.24, 2.45) is 0 Å². The molecule has 7 nitrogen and oxygen atoms in total. The number of nitrogens with zero attached hydrogens (tertiary/aromatic N) is 1. The zero-order valence-electron chi connectivity index (χ0n) is 17.2. The minimum Gasteiger partial charge on any atom is -0.342 e. The standard InChI is InChI=1S/C22H28N2O5S2/c25-21(24-12-5-2-6-13-24)15-23-14-17-8-7-11-19-22(17)20(16-30(19,26)27)31(28,29)18-9-3-1-4-10-18/h1,3-4,7-11,20,23,26-27H,2,5-6,12-16H2. The van der Waals surface area contributed by atoms with Crippen molar-refractivity contribution in [3.8, 4) is 0 Å². The van der Waals surface area contributed by atoms with Crippen LogP contribution in [0, 0.1) is 0 Å². The van der Waals surface area contributed by atoms with Crippen molar-refractivity contribution in [2.75, 3.05) is 25.4 Å². The van der Waals surface area contributed by atoms with Crippen LogP contribution < -0.4 is 5.32 Å². The lowest BCUT2D eigenvalue weighted by molar-refractivity contribution is -0.131. The van der Waals surface area contributed by atoms with E-state index >= 15 is 0 Å². The van der Waals surface area contributed by atoms with Crippen molar-refractivity contribution in [3.05, 3.63) is 59.7 Å². The van der Waals surface area contributed by atoms with Gasteiger partial charge in [-0.3, -0.25) is 13.9 Å². The summed E-state index contributed by atoms with van der Waals surface area (Å²) in [5, 5.41) is 2.09. The maximum absolute atomic E-state index is 13.3. The van der Waals surface area contributed by atoms with Crippen LogP contribution in [0.4, 0.5) is 0 Å². The maximum atomic E-state index is 13.3. The van der Waals surface area contributed by atoms with Gasteiger partial charge in [0.2, 0.25) is 5.91 Å². The number of carbonyl (C=O) groups excluding carboxylic acids is 1. The van der Waals surface area contributed by atoms with Gasteiger partial charge in [-0.15, -0.1) is 0 Å². The van der Waals surface area contributed by atoms with Crippen molar-refractivity contribution in [3.63, 3.8) is 0 Å². The predicted octanol–water partition coefficient (Wildman–Crippen LogP) is 3.43. The molecule has 2 heterocycles. The van der Waals surface area contributed by atoms with Crippen LogP contribution in [-0.4, -0.2) is 53.7 Å². The first-order valence-corrected chi connectivity index (χ1v) is 13.7. The summed E-state index contributed by atoms with van der Waals surface area (Å²) in [5.41, 5.74) is 1.12. The van der Waals surface area contributed by atoms with E-state index in [9.17, 15) is 22.3 Å². The number of likely N-dealkylation sites (tertiary alicyclic amines) is 1. The van der Waals surface area contributed by atoms with E-state index in [-0.39, 0.29) is 29.6 Å². The number of hydrogen-bond donors (Lipinski definition) is 3. The molecule has 2 aliphatic rings. The SMILES string of the molecule is O=C(CNCc1cccc2c1C(S(=O)(=O)c1ccccc1)CS2(O)O)N1CCCCC1. The van der Waals surface area contributed by atoms with E-state index in [1.807, 2.05) is 4.90 Å². The molecular weight excluding hydrogens is 436 g/mol. The molecule has 0 aromatic heterocycles. The van der Waals surface area contributed by atoms with E-state index < -0.39 is 25.7 Å². The fourth-order valence-electron chi connectivity index (χ4n) is 4.36. The van der Waals surface area contributed by atoms with Crippen molar-refractivity contribution in [2.45, 2.75) is 40.8 Å². The highest BCUT2D eigenvalue weighted by molar-refractivity contribution is 8.25. The first kappa shape index (κ1) is 22.3. The second-order valence-corrected chi connectivity index (χ2v) is 12.3. The third kappa shape index (κ3) is 4.51. The lowest BCUT2D eigenvalue weighted by Gasteiger charge is -2.27. The van der Waals surface area contributed by atoms with Crippen molar-refractivity contribution < 1.29 is 22.3 Å². The molecular formula is C22H28N2O5S2. The number of rotatable bonds is 6. The zero-order valence-corrected chi connectivity index (χ0v) is 18.9. The molecule has 2 aromatic rings. The van der Waals surface area contributed by atoms with Gasteiger partial charge in [-0.25, -0.2) is 8.42 Å². The molecule has 1 atom stereocenters. The van der Waals surface area contributed by atoms with Crippen LogP contribution in [0.25, 0.3) is 0 Å². The van der Waals surface area contributed by atoms with E-state index in [0.29, 0.717) is 16.0 Å². The van der Waals surface area contributed by atoms with Crippen molar-refractivity contribution >= 4 is 26.3 Å². The second-order valence-electron chi connectivity index (χ2n) is 8.05. The van der Waals surface area contributed by atoms with Crippen LogP contribution >= 0.6 is 10.6 Å². The van der Waals surface area contributed by atoms with Gasteiger partial charge in [0.25, 0.3) is 0 Å². The minimum atomic E-state index is -3.81. The average molecular weight is 465 g/mol. The Labute approximate surface area is 184 Å². The number of fused-ring (bicyclic) bond motifs is 1. The molecule has 0 bridgehead atoms. The number of nitrogens with one attached hydrogen (secondary N) is 1. The number of carbonyl (C=O) groups is 1. The Morgan fingerprint density at radius 3 is 2.45 bits per heavy atom. The molecule has 1 saturated heterocycles. The fourth-order valence-corrected chi connectivity index (χ4v) is 8.86. The van der Waals surface area contributed by atoms with Gasteiger partial charge >= 0.3 is 0 Å². The Balaban J connectivity index is 1.57. The third-order valence-electron chi connectivity index (χ3n) is 5.96. The molecule has 31 heavy (non-hydrogen) atoms.